The van der Waals surface area contributed by atoms with Gasteiger partial charge in [0.15, 0.2) is 0 Å². The number of carbonyl (C=O) groups is 1. The summed E-state index contributed by atoms with van der Waals surface area (Å²) in [6.07, 6.45) is 12.9. The third-order valence-electron chi connectivity index (χ3n) is 15.9. The minimum Gasteiger partial charge on any atom is -0.446 e. The number of allylic oxidation sites excluding steroid dienone is 1. The second-order valence-electron chi connectivity index (χ2n) is 18.1. The smallest absolute Gasteiger partial charge is 0.407 e. The average Bonchev–Trinajstić information content (AvgIpc) is 3.54. The lowest BCUT2D eigenvalue weighted by Crippen LogP contribution is -2.67. The van der Waals surface area contributed by atoms with Crippen molar-refractivity contribution in [3.63, 3.8) is 0 Å². The van der Waals surface area contributed by atoms with Crippen LogP contribution in [-0.4, -0.2) is 72.1 Å². The lowest BCUT2D eigenvalue weighted by Gasteiger charge is -2.66. The Balaban J connectivity index is 1.08. The summed E-state index contributed by atoms with van der Waals surface area (Å²) < 4.78 is 13.3. The van der Waals surface area contributed by atoms with Crippen LogP contribution in [0.2, 0.25) is 0 Å². The molecular formula is C36H57N3O5. The summed E-state index contributed by atoms with van der Waals surface area (Å²) in [5.41, 5.74) is -1.28. The van der Waals surface area contributed by atoms with Gasteiger partial charge in [-0.2, -0.15) is 0 Å². The number of fused-ring (bicyclic) bond motifs is 3. The summed E-state index contributed by atoms with van der Waals surface area (Å²) in [5.74, 6) is 2.35. The van der Waals surface area contributed by atoms with Crippen LogP contribution in [0.1, 0.15) is 92.9 Å². The van der Waals surface area contributed by atoms with Gasteiger partial charge in [0.25, 0.3) is 0 Å². The van der Waals surface area contributed by atoms with Crippen molar-refractivity contribution >= 4 is 6.09 Å². The molecule has 13 atom stereocenters. The Bertz CT molecular complexity index is 1260. The minimum atomic E-state index is -1.27. The predicted molar refractivity (Wildman–Crippen MR) is 167 cm³/mol. The van der Waals surface area contributed by atoms with E-state index in [0.29, 0.717) is 46.8 Å². The molecule has 7 fully saturated rings. The van der Waals surface area contributed by atoms with Crippen molar-refractivity contribution < 1.29 is 24.5 Å². The normalized spacial score (nSPS) is 53.7. The Morgan fingerprint density at radius 2 is 1.80 bits per heavy atom. The lowest BCUT2D eigenvalue weighted by atomic mass is 9.38. The number of alkyl carbamates (subject to hydrolysis) is 1. The van der Waals surface area contributed by atoms with E-state index in [1.54, 1.807) is 13.8 Å². The maximum Gasteiger partial charge on any atom is 0.407 e. The van der Waals surface area contributed by atoms with Gasteiger partial charge in [-0.3, -0.25) is 5.32 Å². The molecule has 246 valence electrons. The van der Waals surface area contributed by atoms with Crippen molar-refractivity contribution in [2.75, 3.05) is 20.1 Å². The molecule has 1 amide bonds. The zero-order chi connectivity index (χ0) is 31.3. The molecule has 8 nitrogen and oxygen atoms in total. The number of amides is 1. The number of aliphatic hydroxyl groups excluding tert-OH is 1. The van der Waals surface area contributed by atoms with Gasteiger partial charge < -0.3 is 30.3 Å². The van der Waals surface area contributed by atoms with Gasteiger partial charge in [-0.15, -0.1) is 0 Å². The van der Waals surface area contributed by atoms with Gasteiger partial charge in [0.2, 0.25) is 0 Å². The highest BCUT2D eigenvalue weighted by atomic mass is 16.6. The largest absolute Gasteiger partial charge is 0.446 e. The van der Waals surface area contributed by atoms with Crippen molar-refractivity contribution in [2.24, 2.45) is 56.7 Å². The molecule has 8 aliphatic rings. The van der Waals surface area contributed by atoms with E-state index in [4.69, 9.17) is 9.47 Å². The maximum atomic E-state index is 12.8. The number of hydrogen-bond acceptors (Lipinski definition) is 7. The zero-order valence-electron chi connectivity index (χ0n) is 28.0. The fraction of sp³-hybridized carbons (Fsp3) is 0.917. The molecule has 0 bridgehead atoms. The molecule has 0 radical (unpaired) electrons. The number of rotatable bonds is 5. The molecular weight excluding hydrogens is 554 g/mol. The Hall–Kier alpha value is -1.19. The van der Waals surface area contributed by atoms with Gasteiger partial charge in [-0.05, 0) is 112 Å². The highest BCUT2D eigenvalue weighted by Crippen LogP contribution is 2.91. The van der Waals surface area contributed by atoms with Gasteiger partial charge in [0.05, 0.1) is 17.7 Å². The third-order valence-corrected chi connectivity index (χ3v) is 15.9. The van der Waals surface area contributed by atoms with Crippen molar-refractivity contribution in [3.05, 3.63) is 12.2 Å². The molecule has 6 aliphatic carbocycles. The minimum absolute atomic E-state index is 0.0331. The van der Waals surface area contributed by atoms with Gasteiger partial charge in [0, 0.05) is 29.8 Å². The fourth-order valence-electron chi connectivity index (χ4n) is 14.0. The molecule has 2 aliphatic heterocycles. The number of aliphatic hydroxyl groups is 2. The van der Waals surface area contributed by atoms with E-state index >= 15 is 0 Å². The second-order valence-corrected chi connectivity index (χ2v) is 18.1. The number of nitrogens with one attached hydrogen (secondary N) is 3. The van der Waals surface area contributed by atoms with E-state index in [9.17, 15) is 15.0 Å². The van der Waals surface area contributed by atoms with Gasteiger partial charge in [-0.25, -0.2) is 4.79 Å². The van der Waals surface area contributed by atoms with E-state index in [-0.39, 0.29) is 40.6 Å². The van der Waals surface area contributed by atoms with E-state index in [1.807, 2.05) is 7.05 Å². The SMILES string of the molecule is CNC1(C(O)C(C)(C)O)CC(C)C2C(O1)C1C=CC13C1CCC4C(C)(C)C(OC(=O)NC5CNC5)CCC45CC15CCC23C. The molecule has 0 aromatic carbocycles. The van der Waals surface area contributed by atoms with Crippen LogP contribution in [0.4, 0.5) is 4.79 Å². The molecule has 0 aromatic heterocycles. The highest BCUT2D eigenvalue weighted by molar-refractivity contribution is 5.68. The van der Waals surface area contributed by atoms with E-state index < -0.39 is 17.4 Å². The Kier molecular flexibility index (Phi) is 6.19. The third kappa shape index (κ3) is 3.41. The molecule has 13 unspecified atom stereocenters. The van der Waals surface area contributed by atoms with Crippen molar-refractivity contribution in [2.45, 2.75) is 129 Å². The summed E-state index contributed by atoms with van der Waals surface area (Å²) >= 11 is 0. The zero-order valence-corrected chi connectivity index (χ0v) is 28.0. The number of likely N-dealkylation sites (N-methyl/N-ethyl adjacent to an activating group) is 1. The molecule has 5 saturated carbocycles. The molecule has 0 aromatic rings. The van der Waals surface area contributed by atoms with Crippen LogP contribution in [0.5, 0.6) is 0 Å². The molecule has 3 spiro atoms. The number of hydrogen-bond donors (Lipinski definition) is 5. The van der Waals surface area contributed by atoms with Crippen LogP contribution in [0.15, 0.2) is 12.2 Å². The first-order valence-corrected chi connectivity index (χ1v) is 17.8. The summed E-state index contributed by atoms with van der Waals surface area (Å²) in [6.45, 7) is 14.8. The van der Waals surface area contributed by atoms with Crippen LogP contribution < -0.4 is 16.0 Å². The maximum absolute atomic E-state index is 12.8. The fourth-order valence-corrected chi connectivity index (χ4v) is 14.0. The Morgan fingerprint density at radius 3 is 2.41 bits per heavy atom. The van der Waals surface area contributed by atoms with Crippen LogP contribution in [0.25, 0.3) is 0 Å². The Labute approximate surface area is 263 Å². The first-order valence-electron chi connectivity index (χ1n) is 17.8. The topological polar surface area (TPSA) is 112 Å². The molecule has 2 heterocycles. The molecule has 2 saturated heterocycles. The van der Waals surface area contributed by atoms with Crippen molar-refractivity contribution in [1.29, 1.82) is 0 Å². The number of carbonyl (C=O) groups excluding carboxylic acids is 1. The summed E-state index contributed by atoms with van der Waals surface area (Å²) in [5, 5.41) is 32.0. The number of ether oxygens (including phenoxy) is 2. The van der Waals surface area contributed by atoms with Crippen LogP contribution >= 0.6 is 0 Å². The second kappa shape index (κ2) is 9.03. The average molecular weight is 612 g/mol. The molecule has 8 heteroatoms. The van der Waals surface area contributed by atoms with Crippen LogP contribution in [0, 0.1) is 56.7 Å². The first kappa shape index (κ1) is 30.2. The van der Waals surface area contributed by atoms with E-state index in [2.05, 4.69) is 55.8 Å². The highest BCUT2D eigenvalue weighted by Gasteiger charge is 2.86. The van der Waals surface area contributed by atoms with Crippen molar-refractivity contribution in [1.82, 2.24) is 16.0 Å². The monoisotopic (exact) mass is 611 g/mol. The van der Waals surface area contributed by atoms with E-state index in [1.165, 1.54) is 38.5 Å². The summed E-state index contributed by atoms with van der Waals surface area (Å²) in [7, 11) is 1.87. The lowest BCUT2D eigenvalue weighted by molar-refractivity contribution is -0.263. The summed E-state index contributed by atoms with van der Waals surface area (Å²) in [4.78, 5) is 12.8. The van der Waals surface area contributed by atoms with E-state index in [0.717, 1.165) is 19.5 Å². The molecule has 44 heavy (non-hydrogen) atoms. The quantitative estimate of drug-likeness (QED) is 0.294. The molecule has 8 rings (SSSR count). The Morgan fingerprint density at radius 1 is 1.09 bits per heavy atom. The van der Waals surface area contributed by atoms with Gasteiger partial charge >= 0.3 is 6.09 Å². The summed E-state index contributed by atoms with van der Waals surface area (Å²) in [6, 6.07) is 0.195. The van der Waals surface area contributed by atoms with Gasteiger partial charge in [0.1, 0.15) is 17.9 Å². The van der Waals surface area contributed by atoms with Crippen LogP contribution in [0.3, 0.4) is 0 Å². The first-order chi connectivity index (χ1) is 20.6. The standard InChI is InChI=1S/C36H57N3O5/c1-20-16-36(37-7,28(40)31(4,5)42)44-27-22-10-13-35(22)24-9-8-23-30(2,3)25(43-29(41)39-21-17-38-18-21)11-12-33(23)19-34(24,33)15-14-32(35,6)26(20)27/h10,13,20-28,37-38,40,42H,8-9,11-12,14-19H2,1-7H3,(H,39,41). The molecule has 5 N–H and O–H groups in total. The van der Waals surface area contributed by atoms with Crippen molar-refractivity contribution in [3.8, 4) is 0 Å². The predicted octanol–water partition coefficient (Wildman–Crippen LogP) is 4.35. The van der Waals surface area contributed by atoms with Crippen LogP contribution in [-0.2, 0) is 9.47 Å². The van der Waals surface area contributed by atoms with Gasteiger partial charge in [-0.1, -0.05) is 39.8 Å².